The number of halogens is 2. The van der Waals surface area contributed by atoms with E-state index in [2.05, 4.69) is 10.2 Å². The van der Waals surface area contributed by atoms with Crippen LogP contribution in [0.2, 0.25) is 10.0 Å². The number of carbonyl (C=O) groups is 1. The smallest absolute Gasteiger partial charge is 0.248 e. The number of nitrogens with zero attached hydrogens (tertiary/aromatic N) is 1. The molecular formula is C21H22Cl2N2O2. The molecule has 0 bridgehead atoms. The number of hydrogen-bond acceptors (Lipinski definition) is 3. The van der Waals surface area contributed by atoms with Crippen LogP contribution in [-0.4, -0.2) is 26.1 Å². The molecule has 1 N–H and O–H groups in total. The van der Waals surface area contributed by atoms with E-state index in [0.29, 0.717) is 21.4 Å². The van der Waals surface area contributed by atoms with Crippen LogP contribution in [0.4, 0.5) is 11.4 Å². The first-order valence-electron chi connectivity index (χ1n) is 8.94. The third-order valence-electron chi connectivity index (χ3n) is 4.51. The lowest BCUT2D eigenvalue weighted by molar-refractivity contribution is -0.111. The standard InChI is InChI=1S/C21H22Cl2N2O2/c1-27-21-15(13-16(22)14-17(21)23)9-10-20(26)24-18-7-3-4-8-19(18)25-11-5-2-6-12-25/h3-4,7-10,13-14H,2,5-6,11-12H2,1H3,(H,24,26). The third kappa shape index (κ3) is 4.96. The van der Waals surface area contributed by atoms with Crippen LogP contribution in [0, 0.1) is 0 Å². The molecule has 1 heterocycles. The number of piperidine rings is 1. The molecule has 1 saturated heterocycles. The summed E-state index contributed by atoms with van der Waals surface area (Å²) in [6.07, 6.45) is 6.72. The van der Waals surface area contributed by atoms with Gasteiger partial charge in [-0.15, -0.1) is 0 Å². The van der Waals surface area contributed by atoms with Crippen molar-refractivity contribution in [2.75, 3.05) is 30.4 Å². The number of amides is 1. The quantitative estimate of drug-likeness (QED) is 0.655. The van der Waals surface area contributed by atoms with Crippen molar-refractivity contribution in [2.45, 2.75) is 19.3 Å². The topological polar surface area (TPSA) is 41.6 Å². The van der Waals surface area contributed by atoms with Gasteiger partial charge in [0.05, 0.1) is 23.5 Å². The molecule has 3 rings (SSSR count). The minimum absolute atomic E-state index is 0.224. The molecule has 0 saturated carbocycles. The first-order chi connectivity index (χ1) is 13.1. The number of nitrogens with one attached hydrogen (secondary N) is 1. The second kappa shape index (κ2) is 9.16. The Morgan fingerprint density at radius 2 is 1.89 bits per heavy atom. The van der Waals surface area contributed by atoms with Crippen LogP contribution in [0.1, 0.15) is 24.8 Å². The largest absolute Gasteiger partial charge is 0.495 e. The number of methoxy groups -OCH3 is 1. The van der Waals surface area contributed by atoms with E-state index in [1.54, 1.807) is 18.2 Å². The Bertz CT molecular complexity index is 846. The van der Waals surface area contributed by atoms with Gasteiger partial charge in [0.1, 0.15) is 5.75 Å². The van der Waals surface area contributed by atoms with Crippen molar-refractivity contribution >= 4 is 46.6 Å². The van der Waals surface area contributed by atoms with Crippen LogP contribution < -0.4 is 15.0 Å². The van der Waals surface area contributed by atoms with Crippen molar-refractivity contribution in [2.24, 2.45) is 0 Å². The van der Waals surface area contributed by atoms with Crippen LogP contribution in [0.15, 0.2) is 42.5 Å². The van der Waals surface area contributed by atoms with Crippen molar-refractivity contribution in [1.82, 2.24) is 0 Å². The first kappa shape index (κ1) is 19.6. The summed E-state index contributed by atoms with van der Waals surface area (Å²) in [5.41, 5.74) is 2.52. The Kier molecular flexibility index (Phi) is 6.64. The molecule has 0 aromatic heterocycles. The number of para-hydroxylation sites is 2. The molecule has 2 aromatic carbocycles. The van der Waals surface area contributed by atoms with Crippen LogP contribution >= 0.6 is 23.2 Å². The highest BCUT2D eigenvalue weighted by atomic mass is 35.5. The van der Waals surface area contributed by atoms with Crippen LogP contribution in [0.3, 0.4) is 0 Å². The molecule has 142 valence electrons. The predicted octanol–water partition coefficient (Wildman–Crippen LogP) is 5.64. The predicted molar refractivity (Wildman–Crippen MR) is 113 cm³/mol. The Balaban J connectivity index is 1.76. The van der Waals surface area contributed by atoms with Crippen LogP contribution in [0.5, 0.6) is 5.75 Å². The zero-order chi connectivity index (χ0) is 19.2. The van der Waals surface area contributed by atoms with E-state index in [1.165, 1.54) is 32.4 Å². The van der Waals surface area contributed by atoms with E-state index in [0.717, 1.165) is 24.5 Å². The summed E-state index contributed by atoms with van der Waals surface area (Å²) >= 11 is 12.2. The molecular weight excluding hydrogens is 383 g/mol. The molecule has 0 atom stereocenters. The van der Waals surface area contributed by atoms with Crippen molar-refractivity contribution < 1.29 is 9.53 Å². The first-order valence-corrected chi connectivity index (χ1v) is 9.70. The summed E-state index contributed by atoms with van der Waals surface area (Å²) < 4.78 is 5.30. The Labute approximate surface area is 169 Å². The molecule has 1 aliphatic heterocycles. The highest BCUT2D eigenvalue weighted by Crippen LogP contribution is 2.33. The second-order valence-corrected chi connectivity index (χ2v) is 7.24. The van der Waals surface area contributed by atoms with Crippen molar-refractivity contribution in [3.05, 3.63) is 58.1 Å². The van der Waals surface area contributed by atoms with E-state index in [1.807, 2.05) is 24.3 Å². The highest BCUT2D eigenvalue weighted by molar-refractivity contribution is 6.36. The summed E-state index contributed by atoms with van der Waals surface area (Å²) in [5, 5.41) is 3.86. The van der Waals surface area contributed by atoms with Gasteiger partial charge in [-0.2, -0.15) is 0 Å². The van der Waals surface area contributed by atoms with Gasteiger partial charge < -0.3 is 15.0 Å². The maximum atomic E-state index is 12.5. The molecule has 0 radical (unpaired) electrons. The van der Waals surface area contributed by atoms with Gasteiger partial charge >= 0.3 is 0 Å². The summed E-state index contributed by atoms with van der Waals surface area (Å²) in [6, 6.07) is 11.2. The number of ether oxygens (including phenoxy) is 1. The van der Waals surface area contributed by atoms with Crippen LogP contribution in [-0.2, 0) is 4.79 Å². The summed E-state index contributed by atoms with van der Waals surface area (Å²) in [5.74, 6) is 0.261. The fraction of sp³-hybridized carbons (Fsp3) is 0.286. The van der Waals surface area contributed by atoms with E-state index >= 15 is 0 Å². The fourth-order valence-electron chi connectivity index (χ4n) is 3.25. The number of benzene rings is 2. The summed E-state index contributed by atoms with van der Waals surface area (Å²) in [4.78, 5) is 14.8. The maximum Gasteiger partial charge on any atom is 0.248 e. The minimum Gasteiger partial charge on any atom is -0.495 e. The van der Waals surface area contributed by atoms with Gasteiger partial charge in [0.25, 0.3) is 0 Å². The molecule has 0 aliphatic carbocycles. The lowest BCUT2D eigenvalue weighted by Crippen LogP contribution is -2.30. The molecule has 1 fully saturated rings. The van der Waals surface area contributed by atoms with Gasteiger partial charge in [0.15, 0.2) is 0 Å². The summed E-state index contributed by atoms with van der Waals surface area (Å²) in [6.45, 7) is 2.03. The molecule has 0 spiro atoms. The van der Waals surface area contributed by atoms with Gasteiger partial charge in [-0.3, -0.25) is 4.79 Å². The maximum absolute atomic E-state index is 12.5. The lowest BCUT2D eigenvalue weighted by atomic mass is 10.1. The fourth-order valence-corrected chi connectivity index (χ4v) is 3.84. The third-order valence-corrected chi connectivity index (χ3v) is 5.01. The Hall–Kier alpha value is -2.17. The van der Waals surface area contributed by atoms with E-state index < -0.39 is 0 Å². The Morgan fingerprint density at radius 1 is 1.15 bits per heavy atom. The van der Waals surface area contributed by atoms with Crippen LogP contribution in [0.25, 0.3) is 6.08 Å². The highest BCUT2D eigenvalue weighted by Gasteiger charge is 2.15. The van der Waals surface area contributed by atoms with Gasteiger partial charge in [-0.1, -0.05) is 35.3 Å². The molecule has 4 nitrogen and oxygen atoms in total. The van der Waals surface area contributed by atoms with E-state index in [-0.39, 0.29) is 5.91 Å². The monoisotopic (exact) mass is 404 g/mol. The molecule has 27 heavy (non-hydrogen) atoms. The summed E-state index contributed by atoms with van der Waals surface area (Å²) in [7, 11) is 1.53. The van der Waals surface area contributed by atoms with Gasteiger partial charge in [-0.25, -0.2) is 0 Å². The zero-order valence-corrected chi connectivity index (χ0v) is 16.7. The molecule has 1 amide bonds. The van der Waals surface area contributed by atoms with Crippen molar-refractivity contribution in [3.8, 4) is 5.75 Å². The normalized spacial score (nSPS) is 14.4. The van der Waals surface area contributed by atoms with Crippen molar-refractivity contribution in [3.63, 3.8) is 0 Å². The lowest BCUT2D eigenvalue weighted by Gasteiger charge is -2.30. The zero-order valence-electron chi connectivity index (χ0n) is 15.2. The van der Waals surface area contributed by atoms with Gasteiger partial charge in [0, 0.05) is 29.8 Å². The molecule has 1 aliphatic rings. The number of rotatable bonds is 5. The number of hydrogen-bond donors (Lipinski definition) is 1. The minimum atomic E-state index is -0.224. The average molecular weight is 405 g/mol. The SMILES string of the molecule is COc1c(Cl)cc(Cl)cc1C=CC(=O)Nc1ccccc1N1CCCCC1. The van der Waals surface area contributed by atoms with E-state index in [4.69, 9.17) is 27.9 Å². The number of carbonyl (C=O) groups excluding carboxylic acids is 1. The molecule has 0 unspecified atom stereocenters. The average Bonchev–Trinajstić information content (AvgIpc) is 2.67. The van der Waals surface area contributed by atoms with E-state index in [9.17, 15) is 4.79 Å². The van der Waals surface area contributed by atoms with Gasteiger partial charge in [-0.05, 0) is 49.6 Å². The van der Waals surface area contributed by atoms with Gasteiger partial charge in [0.2, 0.25) is 5.91 Å². The number of anilines is 2. The van der Waals surface area contributed by atoms with Crippen molar-refractivity contribution in [1.29, 1.82) is 0 Å². The second-order valence-electron chi connectivity index (χ2n) is 6.40. The molecule has 2 aromatic rings. The molecule has 6 heteroatoms. The Morgan fingerprint density at radius 3 is 2.63 bits per heavy atom.